The summed E-state index contributed by atoms with van der Waals surface area (Å²) in [5.41, 5.74) is -2.52. The minimum Gasteiger partial charge on any atom is -0.508 e. The molecule has 1 unspecified atom stereocenters. The van der Waals surface area contributed by atoms with Crippen LogP contribution in [0.1, 0.15) is 22.6 Å². The Morgan fingerprint density at radius 2 is 1.66 bits per heavy atom. The molecule has 182 valence electrons. The van der Waals surface area contributed by atoms with E-state index in [1.54, 1.807) is 31.4 Å². The lowest BCUT2D eigenvalue weighted by Gasteiger charge is -2.40. The summed E-state index contributed by atoms with van der Waals surface area (Å²) in [6.07, 6.45) is -1.64. The van der Waals surface area contributed by atoms with E-state index in [2.05, 4.69) is 0 Å². The number of carbonyl (C=O) groups is 1. The standard InChI is InChI=1S/C27H26O8/c1-32-18-11-9-16(10-12-18)27-22(15-7-5-4-6-8-15)21(25(30)34-3)24(29)26(27,31)23-19(33-2)13-17(28)14-20(23)35-27/h4-14,21-22,24,28-29,31H,1-3H3/t21?,22-,24-,26+,27+/m0/s1. The molecule has 3 aromatic carbocycles. The normalized spacial score (nSPS) is 28.5. The fraction of sp³-hybridized carbons (Fsp3) is 0.296. The molecule has 8 heteroatoms. The van der Waals surface area contributed by atoms with Gasteiger partial charge in [0.15, 0.2) is 11.2 Å². The van der Waals surface area contributed by atoms with E-state index in [1.165, 1.54) is 26.4 Å². The Hall–Kier alpha value is -3.75. The Labute approximate surface area is 202 Å². The number of hydrogen-bond donors (Lipinski definition) is 3. The SMILES string of the molecule is COC(=O)C1[C@H](O)[C@]2(O)c3c(OC)cc(O)cc3O[C@]2(c2ccc(OC)cc2)[C@H]1c1ccccc1. The molecule has 35 heavy (non-hydrogen) atoms. The lowest BCUT2D eigenvalue weighted by atomic mass is 9.70. The van der Waals surface area contributed by atoms with Crippen molar-refractivity contribution in [1.82, 2.24) is 0 Å². The van der Waals surface area contributed by atoms with Crippen molar-refractivity contribution in [2.24, 2.45) is 5.92 Å². The van der Waals surface area contributed by atoms with Gasteiger partial charge < -0.3 is 34.3 Å². The number of benzene rings is 3. The van der Waals surface area contributed by atoms with Gasteiger partial charge in [-0.3, -0.25) is 4.79 Å². The maximum Gasteiger partial charge on any atom is 0.312 e. The molecule has 8 nitrogen and oxygen atoms in total. The number of carbonyl (C=O) groups excluding carboxylic acids is 1. The minimum atomic E-state index is -2.14. The first kappa shape index (κ1) is 23.0. The number of phenolic OH excluding ortho intramolecular Hbond substituents is 1. The van der Waals surface area contributed by atoms with Crippen molar-refractivity contribution in [2.75, 3.05) is 21.3 Å². The number of esters is 1. The van der Waals surface area contributed by atoms with E-state index in [9.17, 15) is 20.1 Å². The van der Waals surface area contributed by atoms with Crippen LogP contribution in [0.4, 0.5) is 0 Å². The molecule has 1 aliphatic carbocycles. The summed E-state index contributed by atoms with van der Waals surface area (Å²) in [6.45, 7) is 0. The Balaban J connectivity index is 1.88. The monoisotopic (exact) mass is 478 g/mol. The molecule has 5 rings (SSSR count). The molecule has 0 saturated heterocycles. The first-order valence-corrected chi connectivity index (χ1v) is 11.1. The van der Waals surface area contributed by atoms with Gasteiger partial charge in [-0.1, -0.05) is 42.5 Å². The molecule has 3 N–H and O–H groups in total. The molecule has 0 amide bonds. The Morgan fingerprint density at radius 3 is 2.26 bits per heavy atom. The zero-order chi connectivity index (χ0) is 25.0. The molecule has 3 aromatic rings. The van der Waals surface area contributed by atoms with E-state index < -0.39 is 35.1 Å². The molecule has 1 saturated carbocycles. The van der Waals surface area contributed by atoms with Crippen molar-refractivity contribution in [3.05, 3.63) is 83.4 Å². The summed E-state index contributed by atoms with van der Waals surface area (Å²) < 4.78 is 22.5. The van der Waals surface area contributed by atoms with E-state index in [1.807, 2.05) is 30.3 Å². The maximum absolute atomic E-state index is 13.1. The highest BCUT2D eigenvalue weighted by molar-refractivity contribution is 5.78. The second kappa shape index (κ2) is 8.18. The molecule has 5 atom stereocenters. The molecular weight excluding hydrogens is 452 g/mol. The van der Waals surface area contributed by atoms with Gasteiger partial charge in [-0.25, -0.2) is 0 Å². The molecule has 0 radical (unpaired) electrons. The van der Waals surface area contributed by atoms with E-state index in [-0.39, 0.29) is 22.8 Å². The topological polar surface area (TPSA) is 115 Å². The fourth-order valence-corrected chi connectivity index (χ4v) is 5.79. The van der Waals surface area contributed by atoms with E-state index in [0.29, 0.717) is 16.9 Å². The third-order valence-corrected chi connectivity index (χ3v) is 7.21. The predicted octanol–water partition coefficient (Wildman–Crippen LogP) is 2.83. The lowest BCUT2D eigenvalue weighted by Crippen LogP contribution is -2.52. The molecule has 0 spiro atoms. The van der Waals surface area contributed by atoms with E-state index in [0.717, 1.165) is 0 Å². The largest absolute Gasteiger partial charge is 0.508 e. The number of aromatic hydroxyl groups is 1. The molecular formula is C27H26O8. The summed E-state index contributed by atoms with van der Waals surface area (Å²) in [5.74, 6) is -2.03. The van der Waals surface area contributed by atoms with Crippen molar-refractivity contribution < 1.29 is 39.1 Å². The summed E-state index contributed by atoms with van der Waals surface area (Å²) in [7, 11) is 4.17. The predicted molar refractivity (Wildman–Crippen MR) is 125 cm³/mol. The average molecular weight is 478 g/mol. The number of hydrogen-bond acceptors (Lipinski definition) is 8. The minimum absolute atomic E-state index is 0.120. The van der Waals surface area contributed by atoms with Crippen LogP contribution in [-0.4, -0.2) is 48.7 Å². The molecule has 2 aliphatic rings. The average Bonchev–Trinajstić information content (AvgIpc) is 3.26. The first-order valence-electron chi connectivity index (χ1n) is 11.1. The smallest absolute Gasteiger partial charge is 0.312 e. The van der Waals surface area contributed by atoms with Crippen molar-refractivity contribution >= 4 is 5.97 Å². The molecule has 1 heterocycles. The van der Waals surface area contributed by atoms with Crippen LogP contribution in [0, 0.1) is 5.92 Å². The third kappa shape index (κ3) is 2.96. The van der Waals surface area contributed by atoms with Crippen LogP contribution in [0.5, 0.6) is 23.0 Å². The molecule has 0 aromatic heterocycles. The van der Waals surface area contributed by atoms with Gasteiger partial charge in [0.05, 0.1) is 32.8 Å². The van der Waals surface area contributed by atoms with Gasteiger partial charge in [0.1, 0.15) is 29.1 Å². The molecule has 1 fully saturated rings. The van der Waals surface area contributed by atoms with Crippen LogP contribution in [0.25, 0.3) is 0 Å². The van der Waals surface area contributed by atoms with Crippen molar-refractivity contribution in [1.29, 1.82) is 0 Å². The van der Waals surface area contributed by atoms with Crippen LogP contribution in [0.15, 0.2) is 66.7 Å². The Kier molecular flexibility index (Phi) is 5.38. The number of rotatable bonds is 5. The number of phenols is 1. The number of ether oxygens (including phenoxy) is 4. The first-order chi connectivity index (χ1) is 16.8. The highest BCUT2D eigenvalue weighted by Gasteiger charge is 2.78. The van der Waals surface area contributed by atoms with Gasteiger partial charge in [0.2, 0.25) is 0 Å². The van der Waals surface area contributed by atoms with Crippen LogP contribution in [-0.2, 0) is 20.7 Å². The highest BCUT2D eigenvalue weighted by atomic mass is 16.5. The molecule has 1 aliphatic heterocycles. The zero-order valence-electron chi connectivity index (χ0n) is 19.5. The highest BCUT2D eigenvalue weighted by Crippen LogP contribution is 2.70. The maximum atomic E-state index is 13.1. The van der Waals surface area contributed by atoms with Gasteiger partial charge in [0.25, 0.3) is 0 Å². The van der Waals surface area contributed by atoms with Gasteiger partial charge in [-0.05, 0) is 23.3 Å². The van der Waals surface area contributed by atoms with E-state index in [4.69, 9.17) is 18.9 Å². The van der Waals surface area contributed by atoms with Gasteiger partial charge in [-0.2, -0.15) is 0 Å². The van der Waals surface area contributed by atoms with Crippen molar-refractivity contribution in [2.45, 2.75) is 23.2 Å². The quantitative estimate of drug-likeness (QED) is 0.480. The zero-order valence-corrected chi connectivity index (χ0v) is 19.5. The third-order valence-electron chi connectivity index (χ3n) is 7.21. The van der Waals surface area contributed by atoms with Gasteiger partial charge in [-0.15, -0.1) is 0 Å². The van der Waals surface area contributed by atoms with Crippen molar-refractivity contribution in [3.63, 3.8) is 0 Å². The van der Waals surface area contributed by atoms with Crippen molar-refractivity contribution in [3.8, 4) is 23.0 Å². The number of fused-ring (bicyclic) bond motifs is 3. The van der Waals surface area contributed by atoms with Gasteiger partial charge >= 0.3 is 5.97 Å². The summed E-state index contributed by atoms with van der Waals surface area (Å²) in [5, 5.41) is 34.6. The second-order valence-electron chi connectivity index (χ2n) is 8.74. The Bertz CT molecular complexity index is 1260. The fourth-order valence-electron chi connectivity index (χ4n) is 5.79. The van der Waals surface area contributed by atoms with Gasteiger partial charge in [0, 0.05) is 18.1 Å². The number of methoxy groups -OCH3 is 3. The second-order valence-corrected chi connectivity index (χ2v) is 8.74. The number of aliphatic hydroxyl groups excluding tert-OH is 1. The number of aliphatic hydroxyl groups is 2. The van der Waals surface area contributed by atoms with Crippen LogP contribution >= 0.6 is 0 Å². The summed E-state index contributed by atoms with van der Waals surface area (Å²) >= 11 is 0. The molecule has 0 bridgehead atoms. The Morgan fingerprint density at radius 1 is 0.971 bits per heavy atom. The summed E-state index contributed by atoms with van der Waals surface area (Å²) in [4.78, 5) is 13.1. The van der Waals surface area contributed by atoms with Crippen LogP contribution < -0.4 is 14.2 Å². The van der Waals surface area contributed by atoms with Crippen LogP contribution in [0.2, 0.25) is 0 Å². The summed E-state index contributed by atoms with van der Waals surface area (Å²) in [6, 6.07) is 18.6. The van der Waals surface area contributed by atoms with Crippen LogP contribution in [0.3, 0.4) is 0 Å². The lowest BCUT2D eigenvalue weighted by molar-refractivity contribution is -0.161. The van der Waals surface area contributed by atoms with E-state index >= 15 is 0 Å².